The number of amides is 1. The number of fused-ring (bicyclic) bond motifs is 1. The van der Waals surface area contributed by atoms with E-state index < -0.39 is 6.10 Å². The summed E-state index contributed by atoms with van der Waals surface area (Å²) in [7, 11) is 0. The molecule has 0 fully saturated rings. The van der Waals surface area contributed by atoms with Crippen molar-refractivity contribution in [3.63, 3.8) is 0 Å². The Balaban J connectivity index is 1.59. The van der Waals surface area contributed by atoms with Crippen molar-refractivity contribution < 1.29 is 14.3 Å². The number of hydrogen-bond acceptors (Lipinski definition) is 4. The van der Waals surface area contributed by atoms with Crippen molar-refractivity contribution in [2.24, 2.45) is 0 Å². The van der Waals surface area contributed by atoms with E-state index in [9.17, 15) is 9.59 Å². The molecule has 0 N–H and O–H groups in total. The standard InChI is InChI=1S/C21H23NO3S/c1-14-8-4-7-11-19(14)26-13-20(23)25-16(3)21(24)22-15(2)12-17-9-5-6-10-18(17)22/h4-11,15-16H,12-13H2,1-3H3/t15-,16+/m0/s1. The van der Waals surface area contributed by atoms with Gasteiger partial charge in [0.25, 0.3) is 5.91 Å². The molecule has 26 heavy (non-hydrogen) atoms. The molecule has 0 unspecified atom stereocenters. The molecule has 0 spiro atoms. The van der Waals surface area contributed by atoms with Crippen LogP contribution in [0.15, 0.2) is 53.4 Å². The number of thioether (sulfide) groups is 1. The molecule has 2 aromatic rings. The number of para-hydroxylation sites is 1. The van der Waals surface area contributed by atoms with Gasteiger partial charge in [-0.05, 0) is 50.5 Å². The molecule has 0 radical (unpaired) electrons. The van der Waals surface area contributed by atoms with Crippen molar-refractivity contribution >= 4 is 29.3 Å². The van der Waals surface area contributed by atoms with Gasteiger partial charge in [0, 0.05) is 16.6 Å². The van der Waals surface area contributed by atoms with Crippen molar-refractivity contribution in [3.05, 3.63) is 59.7 Å². The molecule has 0 saturated carbocycles. The zero-order valence-corrected chi connectivity index (χ0v) is 16.1. The number of esters is 1. The van der Waals surface area contributed by atoms with Crippen molar-refractivity contribution in [2.75, 3.05) is 10.7 Å². The molecular weight excluding hydrogens is 346 g/mol. The Labute approximate surface area is 158 Å². The van der Waals surface area contributed by atoms with E-state index in [1.54, 1.807) is 11.8 Å². The SMILES string of the molecule is Cc1ccccc1SCC(=O)O[C@H](C)C(=O)N1c2ccccc2C[C@@H]1C. The summed E-state index contributed by atoms with van der Waals surface area (Å²) in [6, 6.07) is 15.8. The maximum atomic E-state index is 12.8. The van der Waals surface area contributed by atoms with Crippen LogP contribution in [0.3, 0.4) is 0 Å². The zero-order valence-electron chi connectivity index (χ0n) is 15.3. The number of anilines is 1. The van der Waals surface area contributed by atoms with Gasteiger partial charge in [-0.2, -0.15) is 0 Å². The lowest BCUT2D eigenvalue weighted by Gasteiger charge is -2.25. The highest BCUT2D eigenvalue weighted by Gasteiger charge is 2.34. The van der Waals surface area contributed by atoms with Crippen molar-refractivity contribution in [1.29, 1.82) is 0 Å². The predicted octanol–water partition coefficient (Wildman–Crippen LogP) is 4.00. The molecule has 1 aliphatic rings. The van der Waals surface area contributed by atoms with Gasteiger partial charge >= 0.3 is 5.97 Å². The molecule has 2 atom stereocenters. The third-order valence-corrected chi connectivity index (χ3v) is 5.69. The summed E-state index contributed by atoms with van der Waals surface area (Å²) in [5.41, 5.74) is 3.20. The van der Waals surface area contributed by atoms with E-state index in [1.807, 2.05) is 62.4 Å². The highest BCUT2D eigenvalue weighted by molar-refractivity contribution is 8.00. The van der Waals surface area contributed by atoms with Crippen molar-refractivity contribution in [2.45, 2.75) is 44.2 Å². The summed E-state index contributed by atoms with van der Waals surface area (Å²) in [4.78, 5) is 27.8. The maximum Gasteiger partial charge on any atom is 0.317 e. The van der Waals surface area contributed by atoms with Crippen LogP contribution in [0.4, 0.5) is 5.69 Å². The minimum absolute atomic E-state index is 0.0717. The number of carbonyl (C=O) groups is 2. The van der Waals surface area contributed by atoms with E-state index in [2.05, 4.69) is 0 Å². The number of aryl methyl sites for hydroxylation is 1. The first-order chi connectivity index (χ1) is 12.5. The van der Waals surface area contributed by atoms with Gasteiger partial charge in [-0.3, -0.25) is 9.59 Å². The van der Waals surface area contributed by atoms with Crippen LogP contribution < -0.4 is 4.90 Å². The first kappa shape index (κ1) is 18.5. The smallest absolute Gasteiger partial charge is 0.317 e. The Kier molecular flexibility index (Phi) is 5.67. The lowest BCUT2D eigenvalue weighted by Crippen LogP contribution is -2.43. The normalized spacial score (nSPS) is 16.9. The first-order valence-electron chi connectivity index (χ1n) is 8.76. The van der Waals surface area contributed by atoms with Crippen LogP contribution in [0.2, 0.25) is 0 Å². The Morgan fingerprint density at radius 2 is 1.88 bits per heavy atom. The van der Waals surface area contributed by atoms with E-state index in [0.717, 1.165) is 28.1 Å². The first-order valence-corrected chi connectivity index (χ1v) is 9.75. The molecule has 3 rings (SSSR count). The second kappa shape index (κ2) is 7.96. The molecule has 0 aliphatic carbocycles. The van der Waals surface area contributed by atoms with Crippen LogP contribution in [-0.4, -0.2) is 29.8 Å². The zero-order chi connectivity index (χ0) is 18.7. The lowest BCUT2D eigenvalue weighted by molar-refractivity contribution is -0.151. The average molecular weight is 369 g/mol. The summed E-state index contributed by atoms with van der Waals surface area (Å²) in [5, 5.41) is 0. The van der Waals surface area contributed by atoms with Gasteiger partial charge in [0.05, 0.1) is 5.75 Å². The average Bonchev–Trinajstić information content (AvgIpc) is 2.96. The summed E-state index contributed by atoms with van der Waals surface area (Å²) in [6.07, 6.45) is 0.0275. The van der Waals surface area contributed by atoms with Gasteiger partial charge in [-0.1, -0.05) is 36.4 Å². The monoisotopic (exact) mass is 369 g/mol. The van der Waals surface area contributed by atoms with E-state index in [4.69, 9.17) is 4.74 Å². The summed E-state index contributed by atoms with van der Waals surface area (Å²) >= 11 is 1.43. The number of benzene rings is 2. The van der Waals surface area contributed by atoms with Gasteiger partial charge < -0.3 is 9.64 Å². The highest BCUT2D eigenvalue weighted by Crippen LogP contribution is 2.32. The lowest BCUT2D eigenvalue weighted by atomic mass is 10.1. The molecule has 1 aliphatic heterocycles. The summed E-state index contributed by atoms with van der Waals surface area (Å²) < 4.78 is 5.40. The Morgan fingerprint density at radius 1 is 1.19 bits per heavy atom. The second-order valence-corrected chi connectivity index (χ2v) is 7.59. The molecule has 4 nitrogen and oxygen atoms in total. The van der Waals surface area contributed by atoms with Gasteiger partial charge in [0.1, 0.15) is 0 Å². The van der Waals surface area contributed by atoms with Crippen LogP contribution >= 0.6 is 11.8 Å². The number of ether oxygens (including phenoxy) is 1. The maximum absolute atomic E-state index is 12.8. The fraction of sp³-hybridized carbons (Fsp3) is 0.333. The molecule has 0 saturated heterocycles. The molecule has 0 aromatic heterocycles. The molecule has 136 valence electrons. The van der Waals surface area contributed by atoms with E-state index in [0.29, 0.717) is 0 Å². The van der Waals surface area contributed by atoms with Crippen LogP contribution in [0.5, 0.6) is 0 Å². The van der Waals surface area contributed by atoms with Gasteiger partial charge in [0.2, 0.25) is 0 Å². The van der Waals surface area contributed by atoms with E-state index in [1.165, 1.54) is 11.8 Å². The minimum atomic E-state index is -0.798. The van der Waals surface area contributed by atoms with Crippen molar-refractivity contribution in [1.82, 2.24) is 0 Å². The van der Waals surface area contributed by atoms with Crippen LogP contribution in [0.1, 0.15) is 25.0 Å². The summed E-state index contributed by atoms with van der Waals surface area (Å²) in [6.45, 7) is 5.67. The molecule has 5 heteroatoms. The number of nitrogens with zero attached hydrogens (tertiary/aromatic N) is 1. The van der Waals surface area contributed by atoms with Crippen LogP contribution in [-0.2, 0) is 20.7 Å². The fourth-order valence-corrected chi connectivity index (χ4v) is 4.05. The Hall–Kier alpha value is -2.27. The van der Waals surface area contributed by atoms with Crippen LogP contribution in [0.25, 0.3) is 0 Å². The quantitative estimate of drug-likeness (QED) is 0.590. The molecule has 1 amide bonds. The van der Waals surface area contributed by atoms with Gasteiger partial charge in [-0.15, -0.1) is 11.8 Å². The Bertz CT molecular complexity index is 820. The predicted molar refractivity (Wildman–Crippen MR) is 105 cm³/mol. The second-order valence-electron chi connectivity index (χ2n) is 6.58. The van der Waals surface area contributed by atoms with E-state index >= 15 is 0 Å². The third kappa shape index (κ3) is 3.93. The topological polar surface area (TPSA) is 46.6 Å². The number of hydrogen-bond donors (Lipinski definition) is 0. The third-order valence-electron chi connectivity index (χ3n) is 4.54. The summed E-state index contributed by atoms with van der Waals surface area (Å²) in [5.74, 6) is -0.356. The van der Waals surface area contributed by atoms with Crippen LogP contribution in [0, 0.1) is 6.92 Å². The Morgan fingerprint density at radius 3 is 2.65 bits per heavy atom. The molecular formula is C21H23NO3S. The molecule has 2 aromatic carbocycles. The minimum Gasteiger partial charge on any atom is -0.452 e. The number of carbonyl (C=O) groups excluding carboxylic acids is 2. The highest BCUT2D eigenvalue weighted by atomic mass is 32.2. The van der Waals surface area contributed by atoms with Gasteiger partial charge in [0.15, 0.2) is 6.10 Å². The van der Waals surface area contributed by atoms with Gasteiger partial charge in [-0.25, -0.2) is 0 Å². The fourth-order valence-electron chi connectivity index (χ4n) is 3.23. The molecule has 1 heterocycles. The molecule has 0 bridgehead atoms. The largest absolute Gasteiger partial charge is 0.452 e. The van der Waals surface area contributed by atoms with E-state index in [-0.39, 0.29) is 23.7 Å². The number of rotatable bonds is 5. The van der Waals surface area contributed by atoms with Crippen molar-refractivity contribution in [3.8, 4) is 0 Å².